The van der Waals surface area contributed by atoms with Gasteiger partial charge in [0.05, 0.1) is 56.6 Å². The molecule has 0 unspecified atom stereocenters. The van der Waals surface area contributed by atoms with Crippen molar-refractivity contribution in [2.24, 2.45) is 0 Å². The van der Waals surface area contributed by atoms with E-state index >= 15 is 0 Å². The predicted molar refractivity (Wildman–Crippen MR) is 138 cm³/mol. The van der Waals surface area contributed by atoms with Gasteiger partial charge in [-0.05, 0) is 0 Å². The highest BCUT2D eigenvalue weighted by atomic mass is 32.2. The zero-order chi connectivity index (χ0) is 26.5. The van der Waals surface area contributed by atoms with E-state index in [1.54, 1.807) is 22.6 Å². The number of carbonyl (C=O) groups is 1. The number of nitro groups is 1. The van der Waals surface area contributed by atoms with Gasteiger partial charge in [-0.2, -0.15) is 5.10 Å². The normalized spacial score (nSPS) is 13.7. The van der Waals surface area contributed by atoms with Crippen molar-refractivity contribution < 1.29 is 23.9 Å². The van der Waals surface area contributed by atoms with Crippen LogP contribution in [0, 0.1) is 10.1 Å². The highest BCUT2D eigenvalue weighted by Crippen LogP contribution is 2.34. The summed E-state index contributed by atoms with van der Waals surface area (Å²) in [5.41, 5.74) is 0.157. The van der Waals surface area contributed by atoms with E-state index in [1.807, 2.05) is 0 Å². The summed E-state index contributed by atoms with van der Waals surface area (Å²) in [6.45, 7) is 7.33. The molecule has 1 aliphatic rings. The Labute approximate surface area is 217 Å². The lowest BCUT2D eigenvalue weighted by molar-refractivity contribution is -0.385. The summed E-state index contributed by atoms with van der Waals surface area (Å²) < 4.78 is 17.5. The van der Waals surface area contributed by atoms with Crippen LogP contribution in [0.4, 0.5) is 11.5 Å². The Bertz CT molecular complexity index is 1290. The molecule has 1 aliphatic heterocycles. The second-order valence-corrected chi connectivity index (χ2v) is 9.98. The molecule has 1 saturated heterocycles. The molecular formula is C23H29N7O6S. The monoisotopic (exact) mass is 531 g/mol. The number of ether oxygens (including phenoxy) is 3. The number of nitro benzene ring substituents is 1. The lowest BCUT2D eigenvalue weighted by Gasteiger charge is -2.28. The Morgan fingerprint density at radius 1 is 1.22 bits per heavy atom. The Hall–Kier alpha value is -3.65. The molecule has 0 spiro atoms. The minimum absolute atomic E-state index is 0.125. The molecule has 1 aromatic carbocycles. The second-order valence-electron chi connectivity index (χ2n) is 8.44. The zero-order valence-corrected chi connectivity index (χ0v) is 21.9. The first-order valence-corrected chi connectivity index (χ1v) is 12.6. The Balaban J connectivity index is 1.56. The highest BCUT2D eigenvalue weighted by molar-refractivity contribution is 7.99. The summed E-state index contributed by atoms with van der Waals surface area (Å²) in [7, 11) is 2.77. The fourth-order valence-electron chi connectivity index (χ4n) is 3.94. The quantitative estimate of drug-likeness (QED) is 0.178. The maximum Gasteiger partial charge on any atom is 0.286 e. The van der Waals surface area contributed by atoms with Crippen LogP contribution in [0.25, 0.3) is 11.0 Å². The van der Waals surface area contributed by atoms with E-state index in [-0.39, 0.29) is 29.3 Å². The summed E-state index contributed by atoms with van der Waals surface area (Å²) in [6, 6.07) is 2.47. The molecule has 4 rings (SSSR count). The number of amides is 1. The number of methoxy groups -OCH3 is 2. The van der Waals surface area contributed by atoms with Crippen molar-refractivity contribution in [1.82, 2.24) is 25.1 Å². The molecule has 1 fully saturated rings. The number of aromatic nitrogens is 4. The van der Waals surface area contributed by atoms with Gasteiger partial charge in [-0.25, -0.2) is 14.6 Å². The summed E-state index contributed by atoms with van der Waals surface area (Å²) >= 11 is 1.56. The van der Waals surface area contributed by atoms with E-state index in [4.69, 9.17) is 24.2 Å². The molecule has 1 N–H and O–H groups in total. The summed E-state index contributed by atoms with van der Waals surface area (Å²) in [6.07, 6.45) is 1.73. The van der Waals surface area contributed by atoms with Crippen molar-refractivity contribution in [3.8, 4) is 11.5 Å². The number of thioether (sulfide) groups is 1. The SMILES string of the molecule is COc1cc(C(=O)NCCn2ncc3c(N4CCOCC4)nc(SC(C)C)nc32)c([N+](=O)[O-])cc1OC. The minimum Gasteiger partial charge on any atom is -0.493 e. The van der Waals surface area contributed by atoms with Gasteiger partial charge in [0.1, 0.15) is 11.4 Å². The molecule has 2 aromatic heterocycles. The van der Waals surface area contributed by atoms with E-state index in [2.05, 4.69) is 29.2 Å². The maximum absolute atomic E-state index is 12.9. The Morgan fingerprint density at radius 3 is 2.57 bits per heavy atom. The number of nitrogens with zero attached hydrogens (tertiary/aromatic N) is 6. The van der Waals surface area contributed by atoms with Crippen LogP contribution in [0.15, 0.2) is 23.5 Å². The number of hydrogen-bond donors (Lipinski definition) is 1. The molecule has 0 aliphatic carbocycles. The Morgan fingerprint density at radius 2 is 1.92 bits per heavy atom. The van der Waals surface area contributed by atoms with Crippen LogP contribution in [0.2, 0.25) is 0 Å². The fourth-order valence-corrected chi connectivity index (χ4v) is 4.64. The number of nitrogens with one attached hydrogen (secondary N) is 1. The van der Waals surface area contributed by atoms with Crippen LogP contribution in [-0.2, 0) is 11.3 Å². The van der Waals surface area contributed by atoms with Gasteiger partial charge in [0.15, 0.2) is 22.3 Å². The first kappa shape index (κ1) is 26.4. The van der Waals surface area contributed by atoms with E-state index < -0.39 is 10.8 Å². The Kier molecular flexibility index (Phi) is 8.28. The second kappa shape index (κ2) is 11.6. The van der Waals surface area contributed by atoms with Crippen LogP contribution >= 0.6 is 11.8 Å². The van der Waals surface area contributed by atoms with E-state index in [0.29, 0.717) is 35.8 Å². The predicted octanol–water partition coefficient (Wildman–Crippen LogP) is 2.52. The summed E-state index contributed by atoms with van der Waals surface area (Å²) in [5.74, 6) is 0.593. The first-order valence-electron chi connectivity index (χ1n) is 11.7. The molecule has 14 heteroatoms. The highest BCUT2D eigenvalue weighted by Gasteiger charge is 2.25. The molecule has 0 bridgehead atoms. The van der Waals surface area contributed by atoms with Gasteiger partial charge in [0.2, 0.25) is 0 Å². The maximum atomic E-state index is 12.9. The minimum atomic E-state index is -0.629. The van der Waals surface area contributed by atoms with Crippen LogP contribution < -0.4 is 19.7 Å². The van der Waals surface area contributed by atoms with Crippen molar-refractivity contribution in [2.45, 2.75) is 30.8 Å². The van der Waals surface area contributed by atoms with Gasteiger partial charge < -0.3 is 24.4 Å². The molecule has 0 radical (unpaired) electrons. The number of anilines is 1. The topological polar surface area (TPSA) is 147 Å². The van der Waals surface area contributed by atoms with Gasteiger partial charge in [-0.15, -0.1) is 0 Å². The van der Waals surface area contributed by atoms with Crippen LogP contribution in [0.5, 0.6) is 11.5 Å². The third-order valence-corrected chi connectivity index (χ3v) is 6.52. The van der Waals surface area contributed by atoms with Gasteiger partial charge in [-0.1, -0.05) is 25.6 Å². The molecular weight excluding hydrogens is 502 g/mol. The zero-order valence-electron chi connectivity index (χ0n) is 21.1. The lowest BCUT2D eigenvalue weighted by atomic mass is 10.1. The molecule has 37 heavy (non-hydrogen) atoms. The third-order valence-electron chi connectivity index (χ3n) is 5.66. The average Bonchev–Trinajstić information content (AvgIpc) is 3.30. The van der Waals surface area contributed by atoms with Crippen molar-refractivity contribution in [1.29, 1.82) is 0 Å². The van der Waals surface area contributed by atoms with Crippen LogP contribution in [-0.4, -0.2) is 82.9 Å². The molecule has 0 saturated carbocycles. The lowest BCUT2D eigenvalue weighted by Crippen LogP contribution is -2.37. The standard InChI is InChI=1S/C23H29N7O6S/c1-14(2)37-23-26-20(28-7-9-36-10-8-28)16-13-25-29(21(16)27-23)6-5-24-22(31)15-11-18(34-3)19(35-4)12-17(15)30(32)33/h11-14H,5-10H2,1-4H3,(H,24,31). The summed E-state index contributed by atoms with van der Waals surface area (Å²) in [4.78, 5) is 35.5. The number of hydrogen-bond acceptors (Lipinski definition) is 11. The fraction of sp³-hybridized carbons (Fsp3) is 0.478. The van der Waals surface area contributed by atoms with Crippen LogP contribution in [0.1, 0.15) is 24.2 Å². The molecule has 3 aromatic rings. The van der Waals surface area contributed by atoms with E-state index in [1.165, 1.54) is 26.4 Å². The number of benzene rings is 1. The number of rotatable bonds is 10. The first-order chi connectivity index (χ1) is 17.8. The molecule has 198 valence electrons. The third kappa shape index (κ3) is 5.85. The van der Waals surface area contributed by atoms with Crippen molar-refractivity contribution in [3.63, 3.8) is 0 Å². The molecule has 13 nitrogen and oxygen atoms in total. The molecule has 0 atom stereocenters. The number of fused-ring (bicyclic) bond motifs is 1. The van der Waals surface area contributed by atoms with E-state index in [9.17, 15) is 14.9 Å². The van der Waals surface area contributed by atoms with Gasteiger partial charge >= 0.3 is 0 Å². The number of morpholine rings is 1. The van der Waals surface area contributed by atoms with Crippen LogP contribution in [0.3, 0.4) is 0 Å². The molecule has 3 heterocycles. The van der Waals surface area contributed by atoms with Crippen molar-refractivity contribution >= 4 is 40.2 Å². The van der Waals surface area contributed by atoms with Crippen molar-refractivity contribution in [2.75, 3.05) is 52.0 Å². The van der Waals surface area contributed by atoms with Gasteiger partial charge in [0.25, 0.3) is 11.6 Å². The van der Waals surface area contributed by atoms with E-state index in [0.717, 1.165) is 24.3 Å². The number of carbonyl (C=O) groups excluding carboxylic acids is 1. The van der Waals surface area contributed by atoms with Gasteiger partial charge in [0, 0.05) is 31.0 Å². The smallest absolute Gasteiger partial charge is 0.286 e. The largest absolute Gasteiger partial charge is 0.493 e. The summed E-state index contributed by atoms with van der Waals surface area (Å²) in [5, 5.41) is 20.5. The van der Waals surface area contributed by atoms with Crippen molar-refractivity contribution in [3.05, 3.63) is 34.0 Å². The van der Waals surface area contributed by atoms with Gasteiger partial charge in [-0.3, -0.25) is 14.9 Å². The average molecular weight is 532 g/mol. The molecule has 1 amide bonds.